The molecular weight excluding hydrogens is 244 g/mol. The van der Waals surface area contributed by atoms with E-state index in [-0.39, 0.29) is 5.56 Å². The van der Waals surface area contributed by atoms with E-state index in [1.807, 2.05) is 11.0 Å². The van der Waals surface area contributed by atoms with E-state index < -0.39 is 11.6 Å². The van der Waals surface area contributed by atoms with Gasteiger partial charge in [-0.3, -0.25) is 0 Å². The molecule has 5 heteroatoms. The number of aliphatic hydroxyl groups is 1. The van der Waals surface area contributed by atoms with Gasteiger partial charge in [-0.05, 0) is 44.4 Å². The average Bonchev–Trinajstić information content (AvgIpc) is 2.30. The van der Waals surface area contributed by atoms with Crippen LogP contribution >= 0.6 is 0 Å². The first kappa shape index (κ1) is 13.7. The fourth-order valence-corrected chi connectivity index (χ4v) is 2.58. The second kappa shape index (κ2) is 4.74. The van der Waals surface area contributed by atoms with Gasteiger partial charge in [0.25, 0.3) is 0 Å². The molecule has 0 aliphatic carbocycles. The van der Waals surface area contributed by atoms with E-state index >= 15 is 0 Å². The molecule has 19 heavy (non-hydrogen) atoms. The highest BCUT2D eigenvalue weighted by Crippen LogP contribution is 2.30. The summed E-state index contributed by atoms with van der Waals surface area (Å²) in [6.07, 6.45) is 1.65. The van der Waals surface area contributed by atoms with Gasteiger partial charge in [0.2, 0.25) is 0 Å². The maximum Gasteiger partial charge on any atom is 0.337 e. The van der Waals surface area contributed by atoms with Crippen molar-refractivity contribution in [3.8, 4) is 0 Å². The van der Waals surface area contributed by atoms with Gasteiger partial charge in [0.1, 0.15) is 0 Å². The molecular formula is C14H20N2O3. The number of nitrogen functional groups attached to an aromatic ring is 1. The van der Waals surface area contributed by atoms with Crippen molar-refractivity contribution >= 4 is 17.3 Å². The van der Waals surface area contributed by atoms with Crippen LogP contribution in [0.2, 0.25) is 0 Å². The summed E-state index contributed by atoms with van der Waals surface area (Å²) < 4.78 is 0. The average molecular weight is 264 g/mol. The zero-order chi connectivity index (χ0) is 14.2. The number of aryl methyl sites for hydroxylation is 1. The Labute approximate surface area is 112 Å². The second-order valence-corrected chi connectivity index (χ2v) is 5.55. The standard InChI is InChI=1S/C14H20N2O3/c1-9-6-10(7-11(12(9)15)13(17)18)16-5-3-4-14(2,19)8-16/h6-7,19H,3-5,8,15H2,1-2H3,(H,17,18). The normalized spacial score (nSPS) is 23.4. The summed E-state index contributed by atoms with van der Waals surface area (Å²) in [5, 5.41) is 19.3. The van der Waals surface area contributed by atoms with E-state index in [0.717, 1.165) is 30.6 Å². The Balaban J connectivity index is 2.37. The molecule has 0 aromatic heterocycles. The van der Waals surface area contributed by atoms with Crippen LogP contribution in [0.3, 0.4) is 0 Å². The lowest BCUT2D eigenvalue weighted by Gasteiger charge is -2.38. The molecule has 0 saturated carbocycles. The van der Waals surface area contributed by atoms with Crippen molar-refractivity contribution in [2.75, 3.05) is 23.7 Å². The maximum absolute atomic E-state index is 11.2. The molecule has 1 atom stereocenters. The number of carboxylic acid groups (broad SMARTS) is 1. The number of β-amino-alcohol motifs (C(OH)–C–C–N with tert-alkyl or cyclic N) is 1. The number of benzene rings is 1. The van der Waals surface area contributed by atoms with E-state index in [2.05, 4.69) is 0 Å². The Morgan fingerprint density at radius 1 is 1.47 bits per heavy atom. The Morgan fingerprint density at radius 3 is 2.74 bits per heavy atom. The summed E-state index contributed by atoms with van der Waals surface area (Å²) in [5.74, 6) is -1.02. The predicted octanol–water partition coefficient (Wildman–Crippen LogP) is 1.63. The van der Waals surface area contributed by atoms with Crippen molar-refractivity contribution in [2.45, 2.75) is 32.3 Å². The van der Waals surface area contributed by atoms with Gasteiger partial charge in [-0.25, -0.2) is 4.79 Å². The van der Waals surface area contributed by atoms with Gasteiger partial charge in [0.05, 0.1) is 11.2 Å². The lowest BCUT2D eigenvalue weighted by atomic mass is 9.94. The van der Waals surface area contributed by atoms with Gasteiger partial charge in [-0.2, -0.15) is 0 Å². The molecule has 1 fully saturated rings. The lowest BCUT2D eigenvalue weighted by Crippen LogP contribution is -2.46. The van der Waals surface area contributed by atoms with Crippen LogP contribution in [0.4, 0.5) is 11.4 Å². The minimum Gasteiger partial charge on any atom is -0.478 e. The highest BCUT2D eigenvalue weighted by molar-refractivity contribution is 5.95. The zero-order valence-corrected chi connectivity index (χ0v) is 11.3. The molecule has 1 heterocycles. The number of hydrogen-bond donors (Lipinski definition) is 3. The van der Waals surface area contributed by atoms with E-state index in [1.165, 1.54) is 0 Å². The van der Waals surface area contributed by atoms with Crippen LogP contribution in [-0.4, -0.2) is 34.9 Å². The van der Waals surface area contributed by atoms with Crippen LogP contribution in [0, 0.1) is 6.92 Å². The number of piperidine rings is 1. The van der Waals surface area contributed by atoms with Crippen LogP contribution < -0.4 is 10.6 Å². The van der Waals surface area contributed by atoms with Gasteiger partial charge in [0, 0.05) is 24.5 Å². The van der Waals surface area contributed by atoms with Crippen LogP contribution in [-0.2, 0) is 0 Å². The molecule has 1 aliphatic rings. The van der Waals surface area contributed by atoms with Gasteiger partial charge in [-0.15, -0.1) is 0 Å². The molecule has 1 aliphatic heterocycles. The molecule has 0 amide bonds. The monoisotopic (exact) mass is 264 g/mol. The summed E-state index contributed by atoms with van der Waals surface area (Å²) in [5.41, 5.74) is 7.05. The van der Waals surface area contributed by atoms with Crippen molar-refractivity contribution in [2.24, 2.45) is 0 Å². The van der Waals surface area contributed by atoms with Crippen LogP contribution in [0.15, 0.2) is 12.1 Å². The molecule has 5 nitrogen and oxygen atoms in total. The molecule has 0 bridgehead atoms. The molecule has 1 saturated heterocycles. The topological polar surface area (TPSA) is 86.8 Å². The van der Waals surface area contributed by atoms with Gasteiger partial charge < -0.3 is 20.8 Å². The molecule has 1 aromatic carbocycles. The molecule has 104 valence electrons. The predicted molar refractivity (Wildman–Crippen MR) is 74.6 cm³/mol. The maximum atomic E-state index is 11.2. The number of carboxylic acids is 1. The third kappa shape index (κ3) is 2.81. The summed E-state index contributed by atoms with van der Waals surface area (Å²) in [6.45, 7) is 4.93. The summed E-state index contributed by atoms with van der Waals surface area (Å²) in [4.78, 5) is 13.2. The number of nitrogens with two attached hydrogens (primary N) is 1. The third-order valence-corrected chi connectivity index (χ3v) is 3.64. The van der Waals surface area contributed by atoms with E-state index in [4.69, 9.17) is 10.8 Å². The number of anilines is 2. The number of aromatic carboxylic acids is 1. The number of hydrogen-bond acceptors (Lipinski definition) is 4. The van der Waals surface area contributed by atoms with Crippen molar-refractivity contribution in [1.82, 2.24) is 0 Å². The molecule has 4 N–H and O–H groups in total. The SMILES string of the molecule is Cc1cc(N2CCCC(C)(O)C2)cc(C(=O)O)c1N. The second-order valence-electron chi connectivity index (χ2n) is 5.55. The van der Waals surface area contributed by atoms with Crippen molar-refractivity contribution < 1.29 is 15.0 Å². The molecule has 2 rings (SSSR count). The Hall–Kier alpha value is -1.75. The first-order valence-electron chi connectivity index (χ1n) is 6.41. The Kier molecular flexibility index (Phi) is 3.41. The van der Waals surface area contributed by atoms with Crippen LogP contribution in [0.1, 0.15) is 35.7 Å². The number of nitrogens with zero attached hydrogens (tertiary/aromatic N) is 1. The van der Waals surface area contributed by atoms with E-state index in [9.17, 15) is 9.90 Å². The third-order valence-electron chi connectivity index (χ3n) is 3.64. The number of carbonyl (C=O) groups is 1. The minimum atomic E-state index is -1.02. The highest BCUT2D eigenvalue weighted by atomic mass is 16.4. The highest BCUT2D eigenvalue weighted by Gasteiger charge is 2.29. The van der Waals surface area contributed by atoms with Crippen molar-refractivity contribution in [3.05, 3.63) is 23.3 Å². The number of rotatable bonds is 2. The van der Waals surface area contributed by atoms with E-state index in [0.29, 0.717) is 12.2 Å². The first-order valence-corrected chi connectivity index (χ1v) is 6.41. The van der Waals surface area contributed by atoms with Gasteiger partial charge in [0.15, 0.2) is 0 Å². The zero-order valence-electron chi connectivity index (χ0n) is 11.3. The van der Waals surface area contributed by atoms with Gasteiger partial charge >= 0.3 is 5.97 Å². The Bertz CT molecular complexity index is 512. The molecule has 0 spiro atoms. The summed E-state index contributed by atoms with van der Waals surface area (Å²) in [7, 11) is 0. The van der Waals surface area contributed by atoms with E-state index in [1.54, 1.807) is 19.9 Å². The van der Waals surface area contributed by atoms with Crippen molar-refractivity contribution in [3.63, 3.8) is 0 Å². The van der Waals surface area contributed by atoms with Crippen LogP contribution in [0.5, 0.6) is 0 Å². The minimum absolute atomic E-state index is 0.125. The van der Waals surface area contributed by atoms with Crippen molar-refractivity contribution in [1.29, 1.82) is 0 Å². The molecule has 0 radical (unpaired) electrons. The summed E-state index contributed by atoms with van der Waals surface area (Å²) >= 11 is 0. The quantitative estimate of drug-likeness (QED) is 0.707. The fourth-order valence-electron chi connectivity index (χ4n) is 2.58. The summed E-state index contributed by atoms with van der Waals surface area (Å²) in [6, 6.07) is 3.47. The smallest absolute Gasteiger partial charge is 0.337 e. The van der Waals surface area contributed by atoms with Gasteiger partial charge in [-0.1, -0.05) is 0 Å². The molecule has 1 aromatic rings. The molecule has 1 unspecified atom stereocenters. The lowest BCUT2D eigenvalue weighted by molar-refractivity contribution is 0.0449. The Morgan fingerprint density at radius 2 is 2.16 bits per heavy atom. The largest absolute Gasteiger partial charge is 0.478 e. The first-order chi connectivity index (χ1) is 8.80. The van der Waals surface area contributed by atoms with Crippen LogP contribution in [0.25, 0.3) is 0 Å². The fraction of sp³-hybridized carbons (Fsp3) is 0.500.